The van der Waals surface area contributed by atoms with Gasteiger partial charge in [-0.15, -0.1) is 0 Å². The molecule has 52 valence electrons. The topological polar surface area (TPSA) is 28.7 Å². The van der Waals surface area contributed by atoms with Gasteiger partial charge < -0.3 is 0 Å². The normalized spacial score (nSPS) is 9.40. The quantitative estimate of drug-likeness (QED) is 0.719. The number of nitrogens with zero attached hydrogens (tertiary/aromatic N) is 2. The van der Waals surface area contributed by atoms with Crippen LogP contribution in [0.1, 0.15) is 0 Å². The molecular weight excluding hydrogens is 328 g/mol. The first-order valence-corrected chi connectivity index (χ1v) is 4.67. The molecule has 0 aliphatic carbocycles. The third-order valence-corrected chi connectivity index (χ3v) is 3.45. The van der Waals surface area contributed by atoms with Gasteiger partial charge in [0.2, 0.25) is 0 Å². The van der Waals surface area contributed by atoms with Crippen molar-refractivity contribution in [3.63, 3.8) is 0 Å². The molecule has 0 atom stereocenters. The third kappa shape index (κ3) is 1.29. The lowest BCUT2D eigenvalue weighted by atomic mass is 10.7. The fourth-order valence-corrected chi connectivity index (χ4v) is 2.33. The van der Waals surface area contributed by atoms with Crippen molar-refractivity contribution in [3.05, 3.63) is 19.7 Å². The number of rotatable bonds is 0. The van der Waals surface area contributed by atoms with Gasteiger partial charge in [0.1, 0.15) is 9.21 Å². The first-order chi connectivity index (χ1) is 4.66. The third-order valence-electron chi connectivity index (χ3n) is 0.953. The molecule has 1 aromatic rings. The standard InChI is InChI=1S/C5HBr3N2/c6-3-1-4(7)10(2-9)5(3)8/h1H. The lowest BCUT2D eigenvalue weighted by Gasteiger charge is -1.89. The van der Waals surface area contributed by atoms with E-state index >= 15 is 0 Å². The Hall–Kier alpha value is 0.210. The number of aromatic nitrogens is 1. The Balaban J connectivity index is 3.37. The summed E-state index contributed by atoms with van der Waals surface area (Å²) in [6.45, 7) is 0. The molecule has 0 amide bonds. The van der Waals surface area contributed by atoms with Gasteiger partial charge in [0, 0.05) is 0 Å². The van der Waals surface area contributed by atoms with E-state index in [1.54, 1.807) is 6.07 Å². The molecule has 0 N–H and O–H groups in total. The Labute approximate surface area is 83.2 Å². The van der Waals surface area contributed by atoms with Crippen molar-refractivity contribution in [1.82, 2.24) is 4.57 Å². The van der Waals surface area contributed by atoms with Gasteiger partial charge in [-0.25, -0.2) is 4.57 Å². The van der Waals surface area contributed by atoms with E-state index in [2.05, 4.69) is 47.8 Å². The van der Waals surface area contributed by atoms with E-state index in [9.17, 15) is 0 Å². The summed E-state index contributed by atoms with van der Waals surface area (Å²) in [5.74, 6) is 0. The lowest BCUT2D eigenvalue weighted by Crippen LogP contribution is -1.85. The van der Waals surface area contributed by atoms with Crippen molar-refractivity contribution in [1.29, 1.82) is 5.26 Å². The average Bonchev–Trinajstić information content (AvgIpc) is 2.09. The van der Waals surface area contributed by atoms with Crippen molar-refractivity contribution in [2.24, 2.45) is 0 Å². The Morgan fingerprint density at radius 2 is 2.00 bits per heavy atom. The Kier molecular flexibility index (Phi) is 2.55. The van der Waals surface area contributed by atoms with Gasteiger partial charge in [0.15, 0.2) is 6.19 Å². The summed E-state index contributed by atoms with van der Waals surface area (Å²) in [6, 6.07) is 1.80. The fourth-order valence-electron chi connectivity index (χ4n) is 0.521. The minimum Gasteiger partial charge on any atom is -0.233 e. The maximum atomic E-state index is 8.54. The first-order valence-electron chi connectivity index (χ1n) is 2.29. The minimum absolute atomic E-state index is 0.724. The summed E-state index contributed by atoms with van der Waals surface area (Å²) in [4.78, 5) is 0. The van der Waals surface area contributed by atoms with Crippen LogP contribution >= 0.6 is 47.8 Å². The predicted molar refractivity (Wildman–Crippen MR) is 48.5 cm³/mol. The van der Waals surface area contributed by atoms with E-state index in [0.717, 1.165) is 13.7 Å². The highest BCUT2D eigenvalue weighted by atomic mass is 79.9. The zero-order valence-electron chi connectivity index (χ0n) is 4.61. The summed E-state index contributed by atoms with van der Waals surface area (Å²) in [6.07, 6.45) is 1.98. The highest BCUT2D eigenvalue weighted by Gasteiger charge is 2.07. The molecule has 1 heterocycles. The van der Waals surface area contributed by atoms with Crippen LogP contribution in [0, 0.1) is 11.5 Å². The van der Waals surface area contributed by atoms with E-state index in [1.165, 1.54) is 4.57 Å². The van der Waals surface area contributed by atoms with Gasteiger partial charge in [-0.05, 0) is 53.9 Å². The maximum absolute atomic E-state index is 8.54. The molecule has 0 spiro atoms. The van der Waals surface area contributed by atoms with Crippen LogP contribution in [-0.2, 0) is 0 Å². The van der Waals surface area contributed by atoms with Gasteiger partial charge in [-0.2, -0.15) is 5.26 Å². The minimum atomic E-state index is 0.724. The largest absolute Gasteiger partial charge is 0.233 e. The first kappa shape index (κ1) is 8.31. The van der Waals surface area contributed by atoms with Crippen molar-refractivity contribution in [2.45, 2.75) is 0 Å². The van der Waals surface area contributed by atoms with Crippen molar-refractivity contribution in [3.8, 4) is 6.19 Å². The molecule has 5 heteroatoms. The van der Waals surface area contributed by atoms with Crippen LogP contribution in [0.4, 0.5) is 0 Å². The number of halogens is 3. The summed E-state index contributed by atoms with van der Waals surface area (Å²) in [5.41, 5.74) is 0. The van der Waals surface area contributed by atoms with Crippen molar-refractivity contribution >= 4 is 47.8 Å². The summed E-state index contributed by atoms with van der Waals surface area (Å²) >= 11 is 9.69. The van der Waals surface area contributed by atoms with E-state index in [0.29, 0.717) is 0 Å². The zero-order valence-corrected chi connectivity index (χ0v) is 9.36. The summed E-state index contributed by atoms with van der Waals surface area (Å²) in [7, 11) is 0. The molecule has 0 fully saturated rings. The Morgan fingerprint density at radius 3 is 2.20 bits per heavy atom. The maximum Gasteiger partial charge on any atom is 0.190 e. The van der Waals surface area contributed by atoms with Crippen LogP contribution in [0.25, 0.3) is 0 Å². The molecular formula is C5HBr3N2. The average molecular weight is 329 g/mol. The molecule has 0 saturated carbocycles. The second-order valence-electron chi connectivity index (χ2n) is 1.54. The molecule has 1 aromatic heterocycles. The molecule has 0 radical (unpaired) electrons. The van der Waals surface area contributed by atoms with Crippen LogP contribution in [-0.4, -0.2) is 4.57 Å². The smallest absolute Gasteiger partial charge is 0.190 e. The number of nitriles is 1. The highest BCUT2D eigenvalue weighted by molar-refractivity contribution is 9.13. The van der Waals surface area contributed by atoms with Gasteiger partial charge in [-0.1, -0.05) is 0 Å². The molecule has 2 nitrogen and oxygen atoms in total. The predicted octanol–water partition coefficient (Wildman–Crippen LogP) is 3.10. The van der Waals surface area contributed by atoms with Crippen LogP contribution in [0.2, 0.25) is 0 Å². The van der Waals surface area contributed by atoms with E-state index < -0.39 is 0 Å². The molecule has 0 aromatic carbocycles. The molecule has 0 aliphatic heterocycles. The highest BCUT2D eigenvalue weighted by Crippen LogP contribution is 2.29. The number of hydrogen-bond acceptors (Lipinski definition) is 1. The molecule has 10 heavy (non-hydrogen) atoms. The number of hydrogen-bond donors (Lipinski definition) is 0. The van der Waals surface area contributed by atoms with Crippen LogP contribution in [0.5, 0.6) is 0 Å². The second kappa shape index (κ2) is 3.07. The molecule has 0 unspecified atom stereocenters. The monoisotopic (exact) mass is 326 g/mol. The zero-order chi connectivity index (χ0) is 7.72. The Bertz CT molecular complexity index is 297. The molecule has 0 aliphatic rings. The van der Waals surface area contributed by atoms with Gasteiger partial charge in [0.05, 0.1) is 4.47 Å². The lowest BCUT2D eigenvalue weighted by molar-refractivity contribution is 1.04. The molecule has 0 bridgehead atoms. The Morgan fingerprint density at radius 1 is 1.40 bits per heavy atom. The van der Waals surface area contributed by atoms with Crippen molar-refractivity contribution < 1.29 is 0 Å². The van der Waals surface area contributed by atoms with E-state index in [-0.39, 0.29) is 0 Å². The summed E-state index contributed by atoms with van der Waals surface area (Å²) < 4.78 is 3.74. The van der Waals surface area contributed by atoms with E-state index in [4.69, 9.17) is 5.26 Å². The second-order valence-corrected chi connectivity index (χ2v) is 3.96. The van der Waals surface area contributed by atoms with Gasteiger partial charge >= 0.3 is 0 Å². The van der Waals surface area contributed by atoms with Crippen LogP contribution in [0.3, 0.4) is 0 Å². The molecule has 1 rings (SSSR count). The summed E-state index contributed by atoms with van der Waals surface area (Å²) in [5, 5.41) is 8.54. The molecule has 0 saturated heterocycles. The van der Waals surface area contributed by atoms with Gasteiger partial charge in [-0.3, -0.25) is 0 Å². The fraction of sp³-hybridized carbons (Fsp3) is 0. The van der Waals surface area contributed by atoms with Gasteiger partial charge in [0.25, 0.3) is 0 Å². The van der Waals surface area contributed by atoms with E-state index in [1.807, 2.05) is 6.19 Å². The SMILES string of the molecule is N#Cn1c(Br)cc(Br)c1Br. The van der Waals surface area contributed by atoms with Crippen molar-refractivity contribution in [2.75, 3.05) is 0 Å². The van der Waals surface area contributed by atoms with Crippen LogP contribution in [0.15, 0.2) is 19.7 Å². The van der Waals surface area contributed by atoms with Crippen LogP contribution < -0.4 is 0 Å².